The highest BCUT2D eigenvalue weighted by atomic mass is 127. The first-order valence-corrected chi connectivity index (χ1v) is 10.8. The van der Waals surface area contributed by atoms with Crippen molar-refractivity contribution in [3.8, 4) is 0 Å². The van der Waals surface area contributed by atoms with Crippen molar-refractivity contribution in [1.29, 1.82) is 0 Å². The second kappa shape index (κ2) is 10.1. The fourth-order valence-electron chi connectivity index (χ4n) is 4.78. The Morgan fingerprint density at radius 3 is 2.50 bits per heavy atom. The number of amides is 2. The molecule has 1 saturated heterocycles. The zero-order chi connectivity index (χ0) is 20.4. The van der Waals surface area contributed by atoms with Crippen molar-refractivity contribution in [3.05, 3.63) is 47.0 Å². The van der Waals surface area contributed by atoms with E-state index in [0.717, 1.165) is 18.5 Å². The summed E-state index contributed by atoms with van der Waals surface area (Å²) in [7, 11) is 0. The summed E-state index contributed by atoms with van der Waals surface area (Å²) < 4.78 is 0. The Balaban J connectivity index is 0.00000256. The quantitative estimate of drug-likeness (QED) is 0.139. The second-order valence-corrected chi connectivity index (χ2v) is 8.37. The van der Waals surface area contributed by atoms with Gasteiger partial charge in [-0.3, -0.25) is 14.5 Å². The molecule has 2 N–H and O–H groups in total. The average Bonchev–Trinajstić information content (AvgIpc) is 3.38. The average molecular weight is 543 g/mol. The van der Waals surface area contributed by atoms with E-state index >= 15 is 0 Å². The summed E-state index contributed by atoms with van der Waals surface area (Å²) in [5.41, 5.74) is 1.04. The Morgan fingerprint density at radius 2 is 1.87 bits per heavy atom. The molecule has 1 aliphatic heterocycles. The number of rotatable bonds is 7. The van der Waals surface area contributed by atoms with Crippen molar-refractivity contribution in [2.75, 3.05) is 19.6 Å². The largest absolute Gasteiger partial charge is 0.357 e. The number of carbonyl (C=O) groups is 2. The summed E-state index contributed by atoms with van der Waals surface area (Å²) in [6, 6.07) is 7.64. The van der Waals surface area contributed by atoms with E-state index < -0.39 is 0 Å². The lowest BCUT2D eigenvalue weighted by molar-refractivity contribution is -0.140. The zero-order valence-electron chi connectivity index (χ0n) is 17.0. The van der Waals surface area contributed by atoms with Crippen molar-refractivity contribution in [3.63, 3.8) is 0 Å². The molecule has 2 fully saturated rings. The van der Waals surface area contributed by atoms with Crippen molar-refractivity contribution in [2.24, 2.45) is 28.7 Å². The first-order chi connectivity index (χ1) is 14.1. The van der Waals surface area contributed by atoms with Gasteiger partial charge in [-0.1, -0.05) is 35.9 Å². The number of imide groups is 1. The fraction of sp³-hybridized carbons (Fsp3) is 0.500. The smallest absolute Gasteiger partial charge is 0.233 e. The van der Waals surface area contributed by atoms with Crippen LogP contribution in [0.5, 0.6) is 0 Å². The predicted octanol–water partition coefficient (Wildman–Crippen LogP) is 3.21. The van der Waals surface area contributed by atoms with Crippen LogP contribution < -0.4 is 10.6 Å². The van der Waals surface area contributed by atoms with Crippen LogP contribution in [0.1, 0.15) is 25.3 Å². The number of allylic oxidation sites excluding steroid dienone is 2. The third kappa shape index (κ3) is 4.66. The van der Waals surface area contributed by atoms with Crippen LogP contribution in [0, 0.1) is 23.7 Å². The number of hydrogen-bond acceptors (Lipinski definition) is 3. The Labute approximate surface area is 199 Å². The van der Waals surface area contributed by atoms with Crippen LogP contribution >= 0.6 is 35.6 Å². The summed E-state index contributed by atoms with van der Waals surface area (Å²) >= 11 is 6.02. The zero-order valence-corrected chi connectivity index (χ0v) is 20.1. The Hall–Kier alpha value is -1.61. The minimum atomic E-state index is -0.109. The molecule has 0 aromatic heterocycles. The molecule has 8 heteroatoms. The van der Waals surface area contributed by atoms with Gasteiger partial charge in [0.05, 0.1) is 18.4 Å². The van der Waals surface area contributed by atoms with Crippen LogP contribution in [0.3, 0.4) is 0 Å². The number of likely N-dealkylation sites (tertiary alicyclic amines) is 1. The van der Waals surface area contributed by atoms with E-state index in [1.54, 1.807) is 0 Å². The maximum absolute atomic E-state index is 12.7. The second-order valence-electron chi connectivity index (χ2n) is 7.93. The summed E-state index contributed by atoms with van der Waals surface area (Å²) in [5.74, 6) is 1.08. The molecule has 0 radical (unpaired) electrons. The highest BCUT2D eigenvalue weighted by molar-refractivity contribution is 14.0. The summed E-state index contributed by atoms with van der Waals surface area (Å²) in [5, 5.41) is 7.20. The number of halogens is 2. The van der Waals surface area contributed by atoms with Crippen molar-refractivity contribution >= 4 is 53.4 Å². The Morgan fingerprint density at radius 1 is 1.17 bits per heavy atom. The molecule has 4 unspecified atom stereocenters. The predicted molar refractivity (Wildman–Crippen MR) is 129 cm³/mol. The summed E-state index contributed by atoms with van der Waals surface area (Å²) in [6.45, 7) is 4.39. The molecule has 30 heavy (non-hydrogen) atoms. The first-order valence-electron chi connectivity index (χ1n) is 10.4. The van der Waals surface area contributed by atoms with Gasteiger partial charge in [0.2, 0.25) is 11.8 Å². The number of benzene rings is 1. The van der Waals surface area contributed by atoms with Crippen molar-refractivity contribution in [2.45, 2.75) is 26.3 Å². The molecule has 162 valence electrons. The first kappa shape index (κ1) is 23.1. The van der Waals surface area contributed by atoms with Crippen LogP contribution in [-0.4, -0.2) is 42.3 Å². The molecule has 1 aromatic rings. The minimum absolute atomic E-state index is 0. The molecular formula is C22H28ClIN4O2. The van der Waals surface area contributed by atoms with Gasteiger partial charge in [-0.05, 0) is 49.3 Å². The number of fused-ring (bicyclic) bond motifs is 5. The van der Waals surface area contributed by atoms with Crippen LogP contribution in [-0.2, 0) is 16.1 Å². The van der Waals surface area contributed by atoms with Gasteiger partial charge in [-0.2, -0.15) is 0 Å². The Bertz CT molecular complexity index is 829. The van der Waals surface area contributed by atoms with E-state index in [-0.39, 0.29) is 59.5 Å². The van der Waals surface area contributed by atoms with Crippen LogP contribution in [0.25, 0.3) is 0 Å². The number of aliphatic imine (C=N–C) groups is 1. The molecule has 1 aromatic carbocycles. The standard InChI is InChI=1S/C22H27ClN4O2.HI/c1-2-24-22(26-13-14-5-3-6-17(23)11-14)25-9-4-10-27-20(28)18-15-7-8-16(12-15)19(18)21(27)29;/h3,5-8,11,15-16,18-19H,2,4,9-10,12-13H2,1H3,(H2,24,25,26);1H. The van der Waals surface area contributed by atoms with E-state index in [1.807, 2.05) is 31.2 Å². The normalized spacial score (nSPS) is 26.7. The van der Waals surface area contributed by atoms with E-state index in [0.29, 0.717) is 37.0 Å². The van der Waals surface area contributed by atoms with Crippen LogP contribution in [0.15, 0.2) is 41.4 Å². The van der Waals surface area contributed by atoms with Gasteiger partial charge in [-0.15, -0.1) is 24.0 Å². The highest BCUT2D eigenvalue weighted by Crippen LogP contribution is 2.52. The van der Waals surface area contributed by atoms with Gasteiger partial charge in [-0.25, -0.2) is 4.99 Å². The number of carbonyl (C=O) groups excluding carboxylic acids is 2. The number of nitrogens with one attached hydrogen (secondary N) is 2. The highest BCUT2D eigenvalue weighted by Gasteiger charge is 2.58. The number of guanidine groups is 1. The molecule has 1 heterocycles. The maximum atomic E-state index is 12.7. The minimum Gasteiger partial charge on any atom is -0.357 e. The molecule has 0 spiro atoms. The van der Waals surface area contributed by atoms with Crippen molar-refractivity contribution < 1.29 is 9.59 Å². The maximum Gasteiger partial charge on any atom is 0.233 e. The molecule has 2 amide bonds. The molecular weight excluding hydrogens is 515 g/mol. The van der Waals surface area contributed by atoms with E-state index in [9.17, 15) is 9.59 Å². The van der Waals surface area contributed by atoms with Crippen molar-refractivity contribution in [1.82, 2.24) is 15.5 Å². The monoisotopic (exact) mass is 542 g/mol. The van der Waals surface area contributed by atoms with Gasteiger partial charge < -0.3 is 10.6 Å². The Kier molecular flexibility index (Phi) is 7.79. The van der Waals surface area contributed by atoms with Gasteiger partial charge in [0.25, 0.3) is 0 Å². The molecule has 3 aliphatic rings. The van der Waals surface area contributed by atoms with Crippen LogP contribution in [0.2, 0.25) is 5.02 Å². The lowest BCUT2D eigenvalue weighted by atomic mass is 9.85. The third-order valence-electron chi connectivity index (χ3n) is 6.07. The molecule has 4 atom stereocenters. The molecule has 4 rings (SSSR count). The SMILES string of the molecule is CCNC(=NCc1cccc(Cl)c1)NCCCN1C(=O)C2C3C=CC(C3)C2C1=O.I. The van der Waals surface area contributed by atoms with Gasteiger partial charge in [0.1, 0.15) is 0 Å². The summed E-state index contributed by atoms with van der Waals surface area (Å²) in [4.78, 5) is 31.5. The van der Waals surface area contributed by atoms with Gasteiger partial charge in [0, 0.05) is 24.7 Å². The molecule has 6 nitrogen and oxygen atoms in total. The molecule has 2 aliphatic carbocycles. The van der Waals surface area contributed by atoms with E-state index in [4.69, 9.17) is 11.6 Å². The molecule has 1 saturated carbocycles. The van der Waals surface area contributed by atoms with Crippen LogP contribution in [0.4, 0.5) is 0 Å². The number of nitrogens with zero attached hydrogens (tertiary/aromatic N) is 2. The fourth-order valence-corrected chi connectivity index (χ4v) is 4.99. The number of hydrogen-bond donors (Lipinski definition) is 2. The lowest BCUT2D eigenvalue weighted by Crippen LogP contribution is -2.40. The topological polar surface area (TPSA) is 73.8 Å². The lowest BCUT2D eigenvalue weighted by Gasteiger charge is -2.18. The van der Waals surface area contributed by atoms with E-state index in [1.165, 1.54) is 4.90 Å². The van der Waals surface area contributed by atoms with Gasteiger partial charge >= 0.3 is 0 Å². The van der Waals surface area contributed by atoms with E-state index in [2.05, 4.69) is 27.8 Å². The molecule has 2 bridgehead atoms. The summed E-state index contributed by atoms with van der Waals surface area (Å²) in [6.07, 6.45) is 5.92. The van der Waals surface area contributed by atoms with Gasteiger partial charge in [0.15, 0.2) is 5.96 Å². The third-order valence-corrected chi connectivity index (χ3v) is 6.30.